The van der Waals surface area contributed by atoms with E-state index in [0.29, 0.717) is 18.5 Å². The highest BCUT2D eigenvalue weighted by Crippen LogP contribution is 2.24. The van der Waals surface area contributed by atoms with Gasteiger partial charge in [-0.05, 0) is 32.6 Å². The maximum atomic E-state index is 10.9. The van der Waals surface area contributed by atoms with Crippen LogP contribution < -0.4 is 5.32 Å². The standard InChI is InChI=1S/C12H23NO2/c1-9-6-4-5-7-10(9)13-8-12(2,3)11(14)15/h9-10,13H,4-8H2,1-3H3,(H,14,15). The van der Waals surface area contributed by atoms with Gasteiger partial charge >= 0.3 is 5.97 Å². The van der Waals surface area contributed by atoms with Gasteiger partial charge in [0.1, 0.15) is 0 Å². The van der Waals surface area contributed by atoms with E-state index in [1.165, 1.54) is 25.7 Å². The van der Waals surface area contributed by atoms with E-state index in [1.54, 1.807) is 13.8 Å². The molecule has 1 aliphatic rings. The number of hydrogen-bond donors (Lipinski definition) is 2. The molecule has 0 bridgehead atoms. The molecule has 3 nitrogen and oxygen atoms in total. The summed E-state index contributed by atoms with van der Waals surface area (Å²) in [6, 6.07) is 0.511. The molecule has 88 valence electrons. The molecule has 1 fully saturated rings. The maximum absolute atomic E-state index is 10.9. The van der Waals surface area contributed by atoms with Crippen LogP contribution in [0.3, 0.4) is 0 Å². The van der Waals surface area contributed by atoms with Gasteiger partial charge in [-0.3, -0.25) is 4.79 Å². The quantitative estimate of drug-likeness (QED) is 0.753. The van der Waals surface area contributed by atoms with E-state index in [0.717, 1.165) is 0 Å². The Morgan fingerprint density at radius 2 is 2.00 bits per heavy atom. The Morgan fingerprint density at radius 3 is 2.53 bits per heavy atom. The molecule has 0 aromatic carbocycles. The predicted molar refractivity (Wildman–Crippen MR) is 60.8 cm³/mol. The molecule has 2 atom stereocenters. The normalized spacial score (nSPS) is 27.7. The van der Waals surface area contributed by atoms with Crippen molar-refractivity contribution in [2.45, 2.75) is 52.5 Å². The van der Waals surface area contributed by atoms with Crippen LogP contribution in [0.5, 0.6) is 0 Å². The largest absolute Gasteiger partial charge is 0.481 e. The number of hydrogen-bond acceptors (Lipinski definition) is 2. The summed E-state index contributed by atoms with van der Waals surface area (Å²) in [7, 11) is 0. The SMILES string of the molecule is CC1CCCCC1NCC(C)(C)C(=O)O. The van der Waals surface area contributed by atoms with Crippen LogP contribution in [0.25, 0.3) is 0 Å². The molecule has 0 aromatic rings. The molecule has 1 saturated carbocycles. The summed E-state index contributed by atoms with van der Waals surface area (Å²) in [6.07, 6.45) is 5.05. The summed E-state index contributed by atoms with van der Waals surface area (Å²) < 4.78 is 0. The Balaban J connectivity index is 2.38. The van der Waals surface area contributed by atoms with Gasteiger partial charge in [-0.15, -0.1) is 0 Å². The lowest BCUT2D eigenvalue weighted by atomic mass is 9.84. The van der Waals surface area contributed by atoms with Crippen LogP contribution in [0.2, 0.25) is 0 Å². The van der Waals surface area contributed by atoms with Gasteiger partial charge in [0.25, 0.3) is 0 Å². The third kappa shape index (κ3) is 3.49. The van der Waals surface area contributed by atoms with Crippen LogP contribution >= 0.6 is 0 Å². The van der Waals surface area contributed by atoms with Gasteiger partial charge in [-0.1, -0.05) is 19.8 Å². The molecule has 2 unspecified atom stereocenters. The van der Waals surface area contributed by atoms with Crippen molar-refractivity contribution < 1.29 is 9.90 Å². The molecule has 0 amide bonds. The predicted octanol–water partition coefficient (Wildman–Crippen LogP) is 2.27. The lowest BCUT2D eigenvalue weighted by molar-refractivity contribution is -0.146. The van der Waals surface area contributed by atoms with Gasteiger partial charge in [-0.2, -0.15) is 0 Å². The fraction of sp³-hybridized carbons (Fsp3) is 0.917. The van der Waals surface area contributed by atoms with E-state index in [4.69, 9.17) is 5.11 Å². The summed E-state index contributed by atoms with van der Waals surface area (Å²) in [5.41, 5.74) is -0.656. The van der Waals surface area contributed by atoms with Crippen LogP contribution in [0.4, 0.5) is 0 Å². The molecule has 15 heavy (non-hydrogen) atoms. The molecule has 0 aliphatic heterocycles. The summed E-state index contributed by atoms with van der Waals surface area (Å²) in [5.74, 6) is -0.0400. The van der Waals surface area contributed by atoms with Gasteiger partial charge < -0.3 is 10.4 Å². The van der Waals surface area contributed by atoms with Crippen molar-refractivity contribution in [3.8, 4) is 0 Å². The Morgan fingerprint density at radius 1 is 1.40 bits per heavy atom. The second kappa shape index (κ2) is 4.97. The van der Waals surface area contributed by atoms with Crippen molar-refractivity contribution in [2.75, 3.05) is 6.54 Å². The smallest absolute Gasteiger partial charge is 0.310 e. The Bertz CT molecular complexity index is 226. The first-order chi connectivity index (χ1) is 6.93. The number of nitrogens with one attached hydrogen (secondary N) is 1. The van der Waals surface area contributed by atoms with Crippen molar-refractivity contribution in [2.24, 2.45) is 11.3 Å². The molecular weight excluding hydrogens is 190 g/mol. The topological polar surface area (TPSA) is 49.3 Å². The van der Waals surface area contributed by atoms with E-state index < -0.39 is 11.4 Å². The third-order valence-electron chi connectivity index (χ3n) is 3.50. The summed E-state index contributed by atoms with van der Waals surface area (Å²) in [4.78, 5) is 10.9. The van der Waals surface area contributed by atoms with Crippen LogP contribution in [-0.4, -0.2) is 23.7 Å². The highest BCUT2D eigenvalue weighted by Gasteiger charge is 2.29. The molecule has 1 rings (SSSR count). The number of carboxylic acid groups (broad SMARTS) is 1. The van der Waals surface area contributed by atoms with E-state index in [9.17, 15) is 4.79 Å². The molecule has 0 spiro atoms. The van der Waals surface area contributed by atoms with Gasteiger partial charge in [-0.25, -0.2) is 0 Å². The monoisotopic (exact) mass is 213 g/mol. The maximum Gasteiger partial charge on any atom is 0.310 e. The van der Waals surface area contributed by atoms with Gasteiger partial charge in [0.05, 0.1) is 5.41 Å². The minimum atomic E-state index is -0.724. The molecule has 0 heterocycles. The first-order valence-electron chi connectivity index (χ1n) is 5.90. The van der Waals surface area contributed by atoms with Crippen LogP contribution in [0, 0.1) is 11.3 Å². The van der Waals surface area contributed by atoms with E-state index in [2.05, 4.69) is 12.2 Å². The fourth-order valence-corrected chi connectivity index (χ4v) is 2.08. The first-order valence-corrected chi connectivity index (χ1v) is 5.90. The van der Waals surface area contributed by atoms with Crippen LogP contribution in [0.1, 0.15) is 46.5 Å². The molecule has 0 saturated heterocycles. The van der Waals surface area contributed by atoms with E-state index in [1.807, 2.05) is 0 Å². The average molecular weight is 213 g/mol. The summed E-state index contributed by atoms with van der Waals surface area (Å²) >= 11 is 0. The average Bonchev–Trinajstić information content (AvgIpc) is 2.16. The number of carbonyl (C=O) groups is 1. The number of carboxylic acids is 1. The second-order valence-corrected chi connectivity index (χ2v) is 5.44. The highest BCUT2D eigenvalue weighted by molar-refractivity contribution is 5.73. The molecular formula is C12H23NO2. The zero-order valence-electron chi connectivity index (χ0n) is 10.0. The minimum absolute atomic E-state index is 0.511. The molecule has 3 heteroatoms. The van der Waals surface area contributed by atoms with Crippen molar-refractivity contribution in [3.63, 3.8) is 0 Å². The Hall–Kier alpha value is -0.570. The van der Waals surface area contributed by atoms with Crippen molar-refractivity contribution in [1.29, 1.82) is 0 Å². The van der Waals surface area contributed by atoms with Crippen molar-refractivity contribution in [3.05, 3.63) is 0 Å². The second-order valence-electron chi connectivity index (χ2n) is 5.44. The zero-order valence-corrected chi connectivity index (χ0v) is 10.0. The zero-order chi connectivity index (χ0) is 11.5. The highest BCUT2D eigenvalue weighted by atomic mass is 16.4. The van der Waals surface area contributed by atoms with Crippen LogP contribution in [-0.2, 0) is 4.79 Å². The minimum Gasteiger partial charge on any atom is -0.481 e. The fourth-order valence-electron chi connectivity index (χ4n) is 2.08. The molecule has 0 aromatic heterocycles. The van der Waals surface area contributed by atoms with Gasteiger partial charge in [0.2, 0.25) is 0 Å². The first kappa shape index (κ1) is 12.5. The lowest BCUT2D eigenvalue weighted by Crippen LogP contribution is -2.44. The lowest BCUT2D eigenvalue weighted by Gasteiger charge is -2.32. The summed E-state index contributed by atoms with van der Waals surface area (Å²) in [6.45, 7) is 6.37. The van der Waals surface area contributed by atoms with E-state index in [-0.39, 0.29) is 0 Å². The van der Waals surface area contributed by atoms with Crippen LogP contribution in [0.15, 0.2) is 0 Å². The summed E-state index contributed by atoms with van der Waals surface area (Å²) in [5, 5.41) is 12.4. The molecule has 1 aliphatic carbocycles. The third-order valence-corrected chi connectivity index (χ3v) is 3.50. The van der Waals surface area contributed by atoms with Gasteiger partial charge in [0.15, 0.2) is 0 Å². The molecule has 2 N–H and O–H groups in total. The van der Waals surface area contributed by atoms with E-state index >= 15 is 0 Å². The van der Waals surface area contributed by atoms with Crippen molar-refractivity contribution in [1.82, 2.24) is 5.32 Å². The van der Waals surface area contributed by atoms with Gasteiger partial charge in [0, 0.05) is 12.6 Å². The number of aliphatic carboxylic acids is 1. The number of rotatable bonds is 4. The van der Waals surface area contributed by atoms with Crippen molar-refractivity contribution >= 4 is 5.97 Å². The molecule has 0 radical (unpaired) electrons. The Kier molecular flexibility index (Phi) is 4.14. The Labute approximate surface area is 92.3 Å².